The molecule has 0 spiro atoms. The molecule has 0 aliphatic carbocycles. The van der Waals surface area contributed by atoms with Gasteiger partial charge in [-0.15, -0.1) is 0 Å². The van der Waals surface area contributed by atoms with E-state index in [2.05, 4.69) is 20.8 Å². The number of hydrogen-bond acceptors (Lipinski definition) is 2. The average Bonchev–Trinajstić information content (AvgIpc) is 2.44. The van der Waals surface area contributed by atoms with Crippen molar-refractivity contribution in [3.05, 3.63) is 0 Å². The lowest BCUT2D eigenvalue weighted by molar-refractivity contribution is -0.150. The summed E-state index contributed by atoms with van der Waals surface area (Å²) in [4.78, 5) is 0. The van der Waals surface area contributed by atoms with Crippen LogP contribution in [0.3, 0.4) is 0 Å². The molecule has 2 saturated heterocycles. The first kappa shape index (κ1) is 7.56. The summed E-state index contributed by atoms with van der Waals surface area (Å²) in [6, 6.07) is 0. The molecule has 2 heterocycles. The normalized spacial score (nSPS) is 56.5. The van der Waals surface area contributed by atoms with E-state index in [1.165, 1.54) is 0 Å². The quantitative estimate of drug-likeness (QED) is 0.531. The molecule has 2 nitrogen and oxygen atoms in total. The van der Waals surface area contributed by atoms with Crippen LogP contribution in [-0.2, 0) is 9.47 Å². The van der Waals surface area contributed by atoms with Gasteiger partial charge in [0.05, 0.1) is 12.7 Å². The second-order valence-electron chi connectivity index (χ2n) is 3.95. The Labute approximate surface area is 67.9 Å². The lowest BCUT2D eigenvalue weighted by Gasteiger charge is -2.35. The van der Waals surface area contributed by atoms with Crippen molar-refractivity contribution in [3.8, 4) is 0 Å². The van der Waals surface area contributed by atoms with E-state index < -0.39 is 0 Å². The van der Waals surface area contributed by atoms with E-state index in [1.54, 1.807) is 0 Å². The van der Waals surface area contributed by atoms with E-state index >= 15 is 0 Å². The first-order valence-corrected chi connectivity index (χ1v) is 4.47. The van der Waals surface area contributed by atoms with Crippen LogP contribution in [0.4, 0.5) is 0 Å². The first-order valence-electron chi connectivity index (χ1n) is 4.47. The van der Waals surface area contributed by atoms with Crippen molar-refractivity contribution in [3.63, 3.8) is 0 Å². The monoisotopic (exact) mass is 156 g/mol. The second kappa shape index (κ2) is 2.46. The Hall–Kier alpha value is -0.0800. The van der Waals surface area contributed by atoms with Gasteiger partial charge in [-0.1, -0.05) is 20.8 Å². The van der Waals surface area contributed by atoms with E-state index in [0.29, 0.717) is 17.9 Å². The zero-order chi connectivity index (χ0) is 8.01. The molecule has 2 heteroatoms. The van der Waals surface area contributed by atoms with Crippen LogP contribution in [0, 0.1) is 17.8 Å². The third kappa shape index (κ3) is 1.00. The topological polar surface area (TPSA) is 18.5 Å². The molecule has 11 heavy (non-hydrogen) atoms. The molecule has 5 atom stereocenters. The molecule has 2 fully saturated rings. The number of hydrogen-bond donors (Lipinski definition) is 0. The molecule has 0 radical (unpaired) electrons. The van der Waals surface area contributed by atoms with Crippen molar-refractivity contribution in [1.29, 1.82) is 0 Å². The molecule has 2 bridgehead atoms. The van der Waals surface area contributed by atoms with Crippen molar-refractivity contribution >= 4 is 0 Å². The van der Waals surface area contributed by atoms with Gasteiger partial charge in [0.2, 0.25) is 0 Å². The van der Waals surface area contributed by atoms with Crippen LogP contribution >= 0.6 is 0 Å². The summed E-state index contributed by atoms with van der Waals surface area (Å²) in [5.41, 5.74) is 0. The number of ether oxygens (including phenoxy) is 2. The fourth-order valence-electron chi connectivity index (χ4n) is 2.06. The molecule has 0 aromatic rings. The van der Waals surface area contributed by atoms with Gasteiger partial charge in [0, 0.05) is 5.92 Å². The van der Waals surface area contributed by atoms with Gasteiger partial charge in [0.25, 0.3) is 0 Å². The highest BCUT2D eigenvalue weighted by atomic mass is 16.7. The standard InChI is InChI=1S/C9H16O2/c1-5-6(2)8-4-10-9(11-8)7(5)3/h5-9H,4H2,1-3H3/t5-,6?,7-,8?,9?/m0/s1. The molecular formula is C9H16O2. The van der Waals surface area contributed by atoms with E-state index in [4.69, 9.17) is 9.47 Å². The molecule has 0 amide bonds. The van der Waals surface area contributed by atoms with Crippen molar-refractivity contribution in [2.45, 2.75) is 33.2 Å². The van der Waals surface area contributed by atoms with Crippen molar-refractivity contribution in [1.82, 2.24) is 0 Å². The maximum absolute atomic E-state index is 5.67. The summed E-state index contributed by atoms with van der Waals surface area (Å²) in [6.07, 6.45) is 0.456. The minimum Gasteiger partial charge on any atom is -0.350 e. The Morgan fingerprint density at radius 1 is 1.00 bits per heavy atom. The third-order valence-electron chi connectivity index (χ3n) is 3.41. The molecule has 0 saturated carbocycles. The SMILES string of the molecule is CC1C2COC(O2)[C@@H](C)[C@H]1C. The van der Waals surface area contributed by atoms with Gasteiger partial charge >= 0.3 is 0 Å². The summed E-state index contributed by atoms with van der Waals surface area (Å²) in [5.74, 6) is 1.95. The lowest BCUT2D eigenvalue weighted by atomic mass is 9.80. The van der Waals surface area contributed by atoms with Gasteiger partial charge in [0.1, 0.15) is 0 Å². The fourth-order valence-corrected chi connectivity index (χ4v) is 2.06. The Balaban J connectivity index is 2.16. The molecule has 2 aliphatic heterocycles. The van der Waals surface area contributed by atoms with Gasteiger partial charge in [0.15, 0.2) is 6.29 Å². The molecule has 2 aliphatic rings. The van der Waals surface area contributed by atoms with E-state index in [9.17, 15) is 0 Å². The van der Waals surface area contributed by atoms with Crippen LogP contribution in [0.2, 0.25) is 0 Å². The Kier molecular flexibility index (Phi) is 1.69. The van der Waals surface area contributed by atoms with Gasteiger partial charge in [-0.05, 0) is 11.8 Å². The number of rotatable bonds is 0. The minimum atomic E-state index is 0.0891. The molecule has 64 valence electrons. The van der Waals surface area contributed by atoms with Crippen molar-refractivity contribution in [2.75, 3.05) is 6.61 Å². The minimum absolute atomic E-state index is 0.0891. The highest BCUT2D eigenvalue weighted by Gasteiger charge is 2.44. The molecule has 0 aromatic carbocycles. The highest BCUT2D eigenvalue weighted by Crippen LogP contribution is 2.39. The Morgan fingerprint density at radius 2 is 1.73 bits per heavy atom. The fraction of sp³-hybridized carbons (Fsp3) is 1.00. The predicted octanol–water partition coefficient (Wildman–Crippen LogP) is 1.65. The van der Waals surface area contributed by atoms with Crippen LogP contribution in [0.5, 0.6) is 0 Å². The van der Waals surface area contributed by atoms with E-state index in [-0.39, 0.29) is 6.29 Å². The smallest absolute Gasteiger partial charge is 0.160 e. The van der Waals surface area contributed by atoms with Crippen LogP contribution in [0.15, 0.2) is 0 Å². The van der Waals surface area contributed by atoms with Crippen molar-refractivity contribution in [2.24, 2.45) is 17.8 Å². The van der Waals surface area contributed by atoms with Crippen LogP contribution in [-0.4, -0.2) is 19.0 Å². The molecule has 0 N–H and O–H groups in total. The van der Waals surface area contributed by atoms with Gasteiger partial charge in [-0.2, -0.15) is 0 Å². The summed E-state index contributed by atoms with van der Waals surface area (Å²) >= 11 is 0. The van der Waals surface area contributed by atoms with Gasteiger partial charge in [-0.25, -0.2) is 0 Å². The summed E-state index contributed by atoms with van der Waals surface area (Å²) in [6.45, 7) is 7.58. The van der Waals surface area contributed by atoms with E-state index in [1.807, 2.05) is 0 Å². The predicted molar refractivity (Wildman–Crippen MR) is 42.1 cm³/mol. The molecule has 3 unspecified atom stereocenters. The molecule has 2 rings (SSSR count). The largest absolute Gasteiger partial charge is 0.350 e. The van der Waals surface area contributed by atoms with Gasteiger partial charge in [-0.3, -0.25) is 0 Å². The molecular weight excluding hydrogens is 140 g/mol. The average molecular weight is 156 g/mol. The Bertz CT molecular complexity index is 138. The molecule has 0 aromatic heterocycles. The summed E-state index contributed by atoms with van der Waals surface area (Å²) in [5, 5.41) is 0. The van der Waals surface area contributed by atoms with Crippen molar-refractivity contribution < 1.29 is 9.47 Å². The maximum atomic E-state index is 5.67. The van der Waals surface area contributed by atoms with Crippen LogP contribution in [0.1, 0.15) is 20.8 Å². The lowest BCUT2D eigenvalue weighted by Crippen LogP contribution is -2.39. The van der Waals surface area contributed by atoms with Crippen LogP contribution in [0.25, 0.3) is 0 Å². The first-order chi connectivity index (χ1) is 5.20. The maximum Gasteiger partial charge on any atom is 0.160 e. The van der Waals surface area contributed by atoms with Gasteiger partial charge < -0.3 is 9.47 Å². The number of fused-ring (bicyclic) bond motifs is 2. The Morgan fingerprint density at radius 3 is 2.45 bits per heavy atom. The van der Waals surface area contributed by atoms with E-state index in [0.717, 1.165) is 12.5 Å². The summed E-state index contributed by atoms with van der Waals surface area (Å²) < 4.78 is 11.2. The third-order valence-corrected chi connectivity index (χ3v) is 3.41. The highest BCUT2D eigenvalue weighted by molar-refractivity contribution is 4.86. The second-order valence-corrected chi connectivity index (χ2v) is 3.95. The zero-order valence-corrected chi connectivity index (χ0v) is 7.41. The summed E-state index contributed by atoms with van der Waals surface area (Å²) in [7, 11) is 0. The van der Waals surface area contributed by atoms with Crippen LogP contribution < -0.4 is 0 Å². The zero-order valence-electron chi connectivity index (χ0n) is 7.41.